The van der Waals surface area contributed by atoms with Crippen molar-refractivity contribution in [3.63, 3.8) is 0 Å². The highest BCUT2D eigenvalue weighted by molar-refractivity contribution is 7.07. The molecule has 5 nitrogen and oxygen atoms in total. The average molecular weight is 332 g/mol. The Bertz CT molecular complexity index is 666. The first-order valence-electron chi connectivity index (χ1n) is 7.43. The van der Waals surface area contributed by atoms with Crippen LogP contribution in [-0.2, 0) is 11.2 Å². The van der Waals surface area contributed by atoms with Crippen LogP contribution in [0.5, 0.6) is 0 Å². The second kappa shape index (κ2) is 7.87. The molecule has 1 aliphatic rings. The molecule has 1 aromatic heterocycles. The molecular formula is C17H20N2O3S. The van der Waals surface area contributed by atoms with Crippen molar-refractivity contribution in [2.45, 2.75) is 32.2 Å². The van der Waals surface area contributed by atoms with E-state index >= 15 is 0 Å². The standard InChI is InChI=1S/C15H16N2OS.C2H4O2/c1-17(15(18)13-9-19-10-16-13)14-8-4-6-11-5-2-3-7-12(11)14;1-2(3)4/h2-3,5,7,9-10,14H,4,6,8H2,1H3;1H3,(H,3,4)/t14-;/m1./s1. The van der Waals surface area contributed by atoms with Gasteiger partial charge in [0.1, 0.15) is 5.69 Å². The zero-order valence-corrected chi connectivity index (χ0v) is 14.0. The molecule has 1 amide bonds. The number of amides is 1. The minimum Gasteiger partial charge on any atom is -0.481 e. The van der Waals surface area contributed by atoms with Crippen LogP contribution in [0, 0.1) is 0 Å². The van der Waals surface area contributed by atoms with Crippen LogP contribution in [0.15, 0.2) is 35.2 Å². The van der Waals surface area contributed by atoms with E-state index in [-0.39, 0.29) is 11.9 Å². The van der Waals surface area contributed by atoms with Crippen LogP contribution >= 0.6 is 11.3 Å². The van der Waals surface area contributed by atoms with Crippen LogP contribution in [0.1, 0.15) is 47.4 Å². The first kappa shape index (κ1) is 17.1. The minimum atomic E-state index is -0.833. The lowest BCUT2D eigenvalue weighted by atomic mass is 9.87. The molecule has 1 heterocycles. The smallest absolute Gasteiger partial charge is 0.300 e. The number of aromatic nitrogens is 1. The molecule has 0 fully saturated rings. The first-order valence-corrected chi connectivity index (χ1v) is 8.37. The second-order valence-corrected chi connectivity index (χ2v) is 6.13. The second-order valence-electron chi connectivity index (χ2n) is 5.42. The first-order chi connectivity index (χ1) is 11.0. The number of carbonyl (C=O) groups is 2. The number of carboxylic acid groups (broad SMARTS) is 1. The molecular weight excluding hydrogens is 312 g/mol. The Morgan fingerprint density at radius 2 is 2.04 bits per heavy atom. The summed E-state index contributed by atoms with van der Waals surface area (Å²) in [7, 11) is 1.88. The van der Waals surface area contributed by atoms with Gasteiger partial charge in [0.05, 0.1) is 11.6 Å². The lowest BCUT2D eigenvalue weighted by Gasteiger charge is -2.33. The fraction of sp³-hybridized carbons (Fsp3) is 0.353. The van der Waals surface area contributed by atoms with Crippen molar-refractivity contribution in [2.75, 3.05) is 7.05 Å². The zero-order valence-electron chi connectivity index (χ0n) is 13.2. The van der Waals surface area contributed by atoms with E-state index in [1.54, 1.807) is 5.51 Å². The molecule has 1 atom stereocenters. The molecule has 0 saturated heterocycles. The average Bonchev–Trinajstić information content (AvgIpc) is 3.07. The zero-order chi connectivity index (χ0) is 16.8. The van der Waals surface area contributed by atoms with Crippen molar-refractivity contribution in [1.82, 2.24) is 9.88 Å². The highest BCUT2D eigenvalue weighted by Gasteiger charge is 2.27. The van der Waals surface area contributed by atoms with Gasteiger partial charge in [-0.2, -0.15) is 0 Å². The molecule has 0 aliphatic heterocycles. The van der Waals surface area contributed by atoms with Gasteiger partial charge in [-0.3, -0.25) is 9.59 Å². The van der Waals surface area contributed by atoms with E-state index in [0.29, 0.717) is 5.69 Å². The molecule has 0 unspecified atom stereocenters. The summed E-state index contributed by atoms with van der Waals surface area (Å²) >= 11 is 1.46. The molecule has 0 saturated carbocycles. The van der Waals surface area contributed by atoms with Gasteiger partial charge in [-0.15, -0.1) is 11.3 Å². The van der Waals surface area contributed by atoms with Crippen LogP contribution in [-0.4, -0.2) is 33.9 Å². The number of benzene rings is 1. The van der Waals surface area contributed by atoms with Gasteiger partial charge in [0.2, 0.25) is 0 Å². The Hall–Kier alpha value is -2.21. The molecule has 3 rings (SSSR count). The van der Waals surface area contributed by atoms with Gasteiger partial charge in [-0.1, -0.05) is 24.3 Å². The van der Waals surface area contributed by atoms with Crippen LogP contribution in [0.25, 0.3) is 0 Å². The molecule has 0 spiro atoms. The maximum atomic E-state index is 12.4. The third-order valence-corrected chi connectivity index (χ3v) is 4.36. The van der Waals surface area contributed by atoms with Crippen LogP contribution in [0.3, 0.4) is 0 Å². The molecule has 2 aromatic rings. The molecule has 122 valence electrons. The van der Waals surface area contributed by atoms with Gasteiger partial charge in [0.15, 0.2) is 0 Å². The summed E-state index contributed by atoms with van der Waals surface area (Å²) in [5.74, 6) is -0.817. The third kappa shape index (κ3) is 4.39. The molecule has 1 aliphatic carbocycles. The van der Waals surface area contributed by atoms with Crippen molar-refractivity contribution in [3.8, 4) is 0 Å². The molecule has 0 bridgehead atoms. The van der Waals surface area contributed by atoms with Crippen molar-refractivity contribution in [3.05, 3.63) is 52.0 Å². The van der Waals surface area contributed by atoms with Gasteiger partial charge >= 0.3 is 0 Å². The van der Waals surface area contributed by atoms with Crippen LogP contribution < -0.4 is 0 Å². The van der Waals surface area contributed by atoms with Crippen molar-refractivity contribution < 1.29 is 14.7 Å². The number of fused-ring (bicyclic) bond motifs is 1. The van der Waals surface area contributed by atoms with E-state index in [9.17, 15) is 4.79 Å². The molecule has 1 aromatic carbocycles. The van der Waals surface area contributed by atoms with E-state index < -0.39 is 5.97 Å². The van der Waals surface area contributed by atoms with E-state index in [1.807, 2.05) is 17.3 Å². The topological polar surface area (TPSA) is 70.5 Å². The maximum absolute atomic E-state index is 12.4. The van der Waals surface area contributed by atoms with E-state index in [0.717, 1.165) is 26.2 Å². The summed E-state index contributed by atoms with van der Waals surface area (Å²) in [5, 5.41) is 9.23. The van der Waals surface area contributed by atoms with Gasteiger partial charge in [0, 0.05) is 19.4 Å². The lowest BCUT2D eigenvalue weighted by Crippen LogP contribution is -2.33. The van der Waals surface area contributed by atoms with Gasteiger partial charge in [0.25, 0.3) is 11.9 Å². The van der Waals surface area contributed by atoms with Crippen molar-refractivity contribution >= 4 is 23.2 Å². The van der Waals surface area contributed by atoms with E-state index in [1.165, 1.54) is 22.5 Å². The number of carbonyl (C=O) groups excluding carboxylic acids is 1. The number of hydrogen-bond donors (Lipinski definition) is 1. The Morgan fingerprint density at radius 3 is 2.70 bits per heavy atom. The molecule has 1 N–H and O–H groups in total. The van der Waals surface area contributed by atoms with Gasteiger partial charge in [-0.05, 0) is 30.4 Å². The summed E-state index contributed by atoms with van der Waals surface area (Å²) in [6.45, 7) is 1.08. The number of thiazole rings is 1. The fourth-order valence-electron chi connectivity index (χ4n) is 2.77. The summed E-state index contributed by atoms with van der Waals surface area (Å²) in [6, 6.07) is 8.62. The van der Waals surface area contributed by atoms with Gasteiger partial charge in [-0.25, -0.2) is 4.98 Å². The molecule has 0 radical (unpaired) electrons. The number of aryl methyl sites for hydroxylation is 1. The van der Waals surface area contributed by atoms with Crippen LogP contribution in [0.2, 0.25) is 0 Å². The highest BCUT2D eigenvalue weighted by atomic mass is 32.1. The number of hydrogen-bond acceptors (Lipinski definition) is 4. The monoisotopic (exact) mass is 332 g/mol. The summed E-state index contributed by atoms with van der Waals surface area (Å²) in [6.07, 6.45) is 3.28. The Labute approximate surface area is 139 Å². The lowest BCUT2D eigenvalue weighted by molar-refractivity contribution is -0.134. The predicted molar refractivity (Wildman–Crippen MR) is 89.6 cm³/mol. The normalized spacial score (nSPS) is 15.8. The predicted octanol–water partition coefficient (Wildman–Crippen LogP) is 3.38. The van der Waals surface area contributed by atoms with Crippen molar-refractivity contribution in [1.29, 1.82) is 0 Å². The van der Waals surface area contributed by atoms with Crippen LogP contribution in [0.4, 0.5) is 0 Å². The number of nitrogens with zero attached hydrogens (tertiary/aromatic N) is 2. The summed E-state index contributed by atoms with van der Waals surface area (Å²) < 4.78 is 0. The SMILES string of the molecule is CC(=O)O.CN(C(=O)c1cscn1)[C@@H]1CCCc2ccccc21. The third-order valence-electron chi connectivity index (χ3n) is 3.78. The van der Waals surface area contributed by atoms with E-state index in [4.69, 9.17) is 9.90 Å². The Kier molecular flexibility index (Phi) is 5.87. The summed E-state index contributed by atoms with van der Waals surface area (Å²) in [4.78, 5) is 27.3. The Balaban J connectivity index is 0.000000433. The number of rotatable bonds is 2. The largest absolute Gasteiger partial charge is 0.481 e. The number of aliphatic carboxylic acids is 1. The number of carboxylic acids is 1. The minimum absolute atomic E-state index is 0.0166. The Morgan fingerprint density at radius 1 is 1.35 bits per heavy atom. The highest BCUT2D eigenvalue weighted by Crippen LogP contribution is 2.33. The van der Waals surface area contributed by atoms with Gasteiger partial charge < -0.3 is 10.0 Å². The van der Waals surface area contributed by atoms with Crippen molar-refractivity contribution in [2.24, 2.45) is 0 Å². The quantitative estimate of drug-likeness (QED) is 0.915. The molecule has 6 heteroatoms. The van der Waals surface area contributed by atoms with E-state index in [2.05, 4.69) is 29.2 Å². The summed E-state index contributed by atoms with van der Waals surface area (Å²) in [5.41, 5.74) is 4.92. The molecule has 23 heavy (non-hydrogen) atoms. The maximum Gasteiger partial charge on any atom is 0.300 e. The fourth-order valence-corrected chi connectivity index (χ4v) is 3.30.